The second-order valence-electron chi connectivity index (χ2n) is 2.29. The molecule has 1 heterocycles. The summed E-state index contributed by atoms with van der Waals surface area (Å²) in [5.41, 5.74) is 5.82. The van der Waals surface area contributed by atoms with Gasteiger partial charge in [0.15, 0.2) is 0 Å². The molecule has 0 spiro atoms. The number of rotatable bonds is 0. The quantitative estimate of drug-likeness (QED) is 0.519. The zero-order valence-corrected chi connectivity index (χ0v) is 6.65. The number of nitrogens with zero attached hydrogens (tertiary/aromatic N) is 2. The zero-order valence-electron chi connectivity index (χ0n) is 6.65. The molecule has 0 amide bonds. The molecule has 62 valence electrons. The van der Waals surface area contributed by atoms with Crippen LogP contribution in [0.1, 0.15) is 12.6 Å². The van der Waals surface area contributed by atoms with Crippen LogP contribution >= 0.6 is 0 Å². The molecule has 1 aromatic heterocycles. The summed E-state index contributed by atoms with van der Waals surface area (Å²) in [6, 6.07) is 3.26. The molecular formula is C8H9N3O. The molecular weight excluding hydrogens is 154 g/mol. The van der Waals surface area contributed by atoms with Crippen LogP contribution in [0, 0.1) is 11.8 Å². The van der Waals surface area contributed by atoms with Gasteiger partial charge in [-0.1, -0.05) is 5.92 Å². The van der Waals surface area contributed by atoms with Crippen molar-refractivity contribution in [2.45, 2.75) is 13.0 Å². The lowest BCUT2D eigenvalue weighted by Crippen LogP contribution is -1.96. The highest BCUT2D eigenvalue weighted by Crippen LogP contribution is 1.94. The molecule has 0 radical (unpaired) electrons. The van der Waals surface area contributed by atoms with Crippen LogP contribution in [0.2, 0.25) is 0 Å². The van der Waals surface area contributed by atoms with E-state index in [1.807, 2.05) is 0 Å². The van der Waals surface area contributed by atoms with Crippen molar-refractivity contribution in [1.82, 2.24) is 10.2 Å². The Morgan fingerprint density at radius 1 is 1.50 bits per heavy atom. The largest absolute Gasteiger partial charge is 0.382 e. The number of hydrogen-bond acceptors (Lipinski definition) is 4. The Balaban J connectivity index is 2.79. The maximum Gasteiger partial charge on any atom is 0.146 e. The molecule has 0 saturated heterocycles. The monoisotopic (exact) mass is 163 g/mol. The number of aromatic nitrogens is 2. The van der Waals surface area contributed by atoms with Gasteiger partial charge in [-0.15, -0.1) is 10.2 Å². The topological polar surface area (TPSA) is 72.0 Å². The molecule has 0 aromatic carbocycles. The fourth-order valence-corrected chi connectivity index (χ4v) is 0.588. The van der Waals surface area contributed by atoms with Crippen molar-refractivity contribution in [3.05, 3.63) is 17.8 Å². The van der Waals surface area contributed by atoms with Crippen molar-refractivity contribution in [2.24, 2.45) is 0 Å². The minimum atomic E-state index is -0.649. The zero-order chi connectivity index (χ0) is 8.97. The van der Waals surface area contributed by atoms with Gasteiger partial charge in [-0.25, -0.2) is 0 Å². The van der Waals surface area contributed by atoms with Crippen molar-refractivity contribution in [3.8, 4) is 11.8 Å². The van der Waals surface area contributed by atoms with Gasteiger partial charge in [0, 0.05) is 0 Å². The molecule has 3 N–H and O–H groups in total. The summed E-state index contributed by atoms with van der Waals surface area (Å²) in [6.07, 6.45) is -0.649. The number of aliphatic hydroxyl groups excluding tert-OH is 1. The number of nitrogens with two attached hydrogens (primary N) is 1. The van der Waals surface area contributed by atoms with Gasteiger partial charge in [0.05, 0.1) is 0 Å². The molecule has 0 aliphatic heterocycles. The van der Waals surface area contributed by atoms with Crippen LogP contribution in [0.4, 0.5) is 5.82 Å². The summed E-state index contributed by atoms with van der Waals surface area (Å²) in [4.78, 5) is 0. The highest BCUT2D eigenvalue weighted by Gasteiger charge is 1.89. The van der Waals surface area contributed by atoms with E-state index in [4.69, 9.17) is 10.8 Å². The maximum absolute atomic E-state index is 8.82. The minimum Gasteiger partial charge on any atom is -0.382 e. The number of aliphatic hydroxyl groups is 1. The summed E-state index contributed by atoms with van der Waals surface area (Å²) >= 11 is 0. The molecule has 1 aromatic rings. The molecule has 0 fully saturated rings. The number of hydrogen-bond donors (Lipinski definition) is 2. The fraction of sp³-hybridized carbons (Fsp3) is 0.250. The van der Waals surface area contributed by atoms with Gasteiger partial charge in [0.25, 0.3) is 0 Å². The van der Waals surface area contributed by atoms with E-state index in [2.05, 4.69) is 22.0 Å². The Labute approximate surface area is 70.4 Å². The molecule has 1 unspecified atom stereocenters. The summed E-state index contributed by atoms with van der Waals surface area (Å²) in [5.74, 6) is 5.54. The van der Waals surface area contributed by atoms with Crippen molar-refractivity contribution in [1.29, 1.82) is 0 Å². The van der Waals surface area contributed by atoms with Crippen LogP contribution in [0.5, 0.6) is 0 Å². The summed E-state index contributed by atoms with van der Waals surface area (Å²) < 4.78 is 0. The maximum atomic E-state index is 8.82. The van der Waals surface area contributed by atoms with Gasteiger partial charge in [-0.05, 0) is 25.0 Å². The van der Waals surface area contributed by atoms with Crippen LogP contribution in [0.15, 0.2) is 12.1 Å². The Kier molecular flexibility index (Phi) is 2.62. The Bertz CT molecular complexity index is 307. The first-order valence-corrected chi connectivity index (χ1v) is 3.47. The second kappa shape index (κ2) is 3.69. The van der Waals surface area contributed by atoms with Crippen molar-refractivity contribution in [2.75, 3.05) is 5.73 Å². The van der Waals surface area contributed by atoms with Crippen LogP contribution in [0.3, 0.4) is 0 Å². The molecule has 0 bridgehead atoms. The third kappa shape index (κ3) is 2.56. The molecule has 0 aliphatic carbocycles. The van der Waals surface area contributed by atoms with Crippen molar-refractivity contribution >= 4 is 5.82 Å². The van der Waals surface area contributed by atoms with E-state index >= 15 is 0 Å². The van der Waals surface area contributed by atoms with Crippen molar-refractivity contribution in [3.63, 3.8) is 0 Å². The molecule has 1 rings (SSSR count). The highest BCUT2D eigenvalue weighted by atomic mass is 16.3. The lowest BCUT2D eigenvalue weighted by atomic mass is 10.3. The van der Waals surface area contributed by atoms with E-state index < -0.39 is 6.10 Å². The van der Waals surface area contributed by atoms with E-state index in [1.54, 1.807) is 19.1 Å². The molecule has 12 heavy (non-hydrogen) atoms. The van der Waals surface area contributed by atoms with Crippen LogP contribution in [0.25, 0.3) is 0 Å². The predicted octanol–water partition coefficient (Wildman–Crippen LogP) is -0.209. The highest BCUT2D eigenvalue weighted by molar-refractivity contribution is 5.33. The van der Waals surface area contributed by atoms with Gasteiger partial charge in [0.1, 0.15) is 17.6 Å². The summed E-state index contributed by atoms with van der Waals surface area (Å²) in [6.45, 7) is 1.58. The first kappa shape index (κ1) is 8.50. The van der Waals surface area contributed by atoms with E-state index in [1.165, 1.54) is 0 Å². The van der Waals surface area contributed by atoms with Crippen LogP contribution < -0.4 is 5.73 Å². The van der Waals surface area contributed by atoms with Crippen LogP contribution in [-0.4, -0.2) is 21.4 Å². The summed E-state index contributed by atoms with van der Waals surface area (Å²) in [5, 5.41) is 16.1. The minimum absolute atomic E-state index is 0.359. The van der Waals surface area contributed by atoms with Gasteiger partial charge < -0.3 is 10.8 Å². The lowest BCUT2D eigenvalue weighted by Gasteiger charge is -1.90. The average molecular weight is 163 g/mol. The third-order valence-electron chi connectivity index (χ3n) is 1.09. The first-order valence-electron chi connectivity index (χ1n) is 3.47. The fourth-order valence-electron chi connectivity index (χ4n) is 0.588. The SMILES string of the molecule is CC(O)C#Cc1ccc(N)nn1. The lowest BCUT2D eigenvalue weighted by molar-refractivity contribution is 0.253. The average Bonchev–Trinajstić information content (AvgIpc) is 2.03. The van der Waals surface area contributed by atoms with Gasteiger partial charge in [-0.2, -0.15) is 0 Å². The van der Waals surface area contributed by atoms with Crippen LogP contribution in [-0.2, 0) is 0 Å². The Morgan fingerprint density at radius 2 is 2.25 bits per heavy atom. The predicted molar refractivity (Wildman–Crippen MR) is 45.0 cm³/mol. The van der Waals surface area contributed by atoms with Gasteiger partial charge >= 0.3 is 0 Å². The molecule has 4 nitrogen and oxygen atoms in total. The van der Waals surface area contributed by atoms with Gasteiger partial charge in [0.2, 0.25) is 0 Å². The van der Waals surface area contributed by atoms with E-state index in [9.17, 15) is 0 Å². The first-order chi connectivity index (χ1) is 5.68. The normalized spacial score (nSPS) is 11.5. The number of anilines is 1. The molecule has 0 aliphatic rings. The smallest absolute Gasteiger partial charge is 0.146 e. The van der Waals surface area contributed by atoms with Gasteiger partial charge in [-0.3, -0.25) is 0 Å². The Morgan fingerprint density at radius 3 is 2.75 bits per heavy atom. The molecule has 4 heteroatoms. The molecule has 0 saturated carbocycles. The van der Waals surface area contributed by atoms with E-state index in [0.717, 1.165) is 0 Å². The molecule has 1 atom stereocenters. The standard InChI is InChI=1S/C8H9N3O/c1-6(12)2-3-7-4-5-8(9)11-10-7/h4-6,12H,1H3,(H2,9,11). The van der Waals surface area contributed by atoms with Crippen molar-refractivity contribution < 1.29 is 5.11 Å². The van der Waals surface area contributed by atoms with E-state index in [0.29, 0.717) is 11.5 Å². The summed E-state index contributed by atoms with van der Waals surface area (Å²) in [7, 11) is 0. The number of nitrogen functional groups attached to an aromatic ring is 1. The van der Waals surface area contributed by atoms with E-state index in [-0.39, 0.29) is 0 Å². The third-order valence-corrected chi connectivity index (χ3v) is 1.09. The second-order valence-corrected chi connectivity index (χ2v) is 2.29. The Hall–Kier alpha value is -1.60.